The van der Waals surface area contributed by atoms with Crippen LogP contribution in [0.3, 0.4) is 0 Å². The number of hydrogen-bond donors (Lipinski definition) is 2. The molecule has 0 aliphatic rings. The number of aromatic amines is 1. The number of hydrogen-bond acceptors (Lipinski definition) is 5. The van der Waals surface area contributed by atoms with Crippen molar-refractivity contribution < 1.29 is 9.32 Å². The van der Waals surface area contributed by atoms with E-state index in [1.54, 1.807) is 24.3 Å². The minimum atomic E-state index is -0.448. The van der Waals surface area contributed by atoms with Crippen LogP contribution in [0.5, 0.6) is 0 Å². The van der Waals surface area contributed by atoms with Crippen molar-refractivity contribution in [3.63, 3.8) is 0 Å². The van der Waals surface area contributed by atoms with Crippen molar-refractivity contribution in [3.05, 3.63) is 52.8 Å². The van der Waals surface area contributed by atoms with E-state index in [4.69, 9.17) is 0 Å². The monoisotopic (exact) mass is 256 g/mol. The molecule has 0 unspecified atom stereocenters. The van der Waals surface area contributed by atoms with Gasteiger partial charge in [0.25, 0.3) is 11.5 Å². The molecule has 1 amide bonds. The van der Waals surface area contributed by atoms with Crippen LogP contribution < -0.4 is 10.9 Å². The molecule has 0 fully saturated rings. The van der Waals surface area contributed by atoms with Gasteiger partial charge in [-0.2, -0.15) is 5.10 Å². The zero-order valence-corrected chi connectivity index (χ0v) is 9.58. The van der Waals surface area contributed by atoms with Gasteiger partial charge in [-0.15, -0.1) is 0 Å². The number of fused-ring (bicyclic) bond motifs is 1. The zero-order chi connectivity index (χ0) is 13.2. The molecular weight excluding hydrogens is 248 g/mol. The molecule has 94 valence electrons. The molecule has 0 saturated heterocycles. The first-order valence-corrected chi connectivity index (χ1v) is 5.44. The summed E-state index contributed by atoms with van der Waals surface area (Å²) in [6.45, 7) is 0. The van der Waals surface area contributed by atoms with Crippen LogP contribution in [0, 0.1) is 0 Å². The van der Waals surface area contributed by atoms with Crippen molar-refractivity contribution >= 4 is 22.4 Å². The average molecular weight is 256 g/mol. The fourth-order valence-electron chi connectivity index (χ4n) is 1.74. The van der Waals surface area contributed by atoms with E-state index >= 15 is 0 Å². The van der Waals surface area contributed by atoms with Crippen molar-refractivity contribution in [1.82, 2.24) is 15.4 Å². The number of amides is 1. The Morgan fingerprint density at radius 1 is 1.26 bits per heavy atom. The van der Waals surface area contributed by atoms with E-state index < -0.39 is 5.91 Å². The quantitative estimate of drug-likeness (QED) is 0.716. The van der Waals surface area contributed by atoms with Gasteiger partial charge in [0.15, 0.2) is 5.69 Å². The van der Waals surface area contributed by atoms with Crippen LogP contribution in [-0.2, 0) is 0 Å². The van der Waals surface area contributed by atoms with E-state index in [-0.39, 0.29) is 11.3 Å². The largest absolute Gasteiger partial charge is 0.363 e. The van der Waals surface area contributed by atoms with E-state index in [1.165, 1.54) is 12.5 Å². The molecule has 0 spiro atoms. The molecule has 3 rings (SSSR count). The Bertz CT molecular complexity index is 792. The summed E-state index contributed by atoms with van der Waals surface area (Å²) in [5.74, 6) is -0.448. The van der Waals surface area contributed by atoms with Crippen molar-refractivity contribution in [3.8, 4) is 0 Å². The summed E-state index contributed by atoms with van der Waals surface area (Å²) < 4.78 is 4.61. The number of H-pyrrole nitrogens is 1. The van der Waals surface area contributed by atoms with Gasteiger partial charge in [0, 0.05) is 5.39 Å². The third-order valence-corrected chi connectivity index (χ3v) is 2.60. The van der Waals surface area contributed by atoms with Gasteiger partial charge in [-0.1, -0.05) is 23.4 Å². The second-order valence-electron chi connectivity index (χ2n) is 3.81. The Morgan fingerprint density at radius 2 is 2.05 bits per heavy atom. The van der Waals surface area contributed by atoms with Gasteiger partial charge in [-0.25, -0.2) is 5.10 Å². The highest BCUT2D eigenvalue weighted by Crippen LogP contribution is 2.14. The molecule has 0 atom stereocenters. The normalized spacial score (nSPS) is 10.5. The smallest absolute Gasteiger partial charge is 0.276 e. The van der Waals surface area contributed by atoms with Crippen molar-refractivity contribution in [2.45, 2.75) is 0 Å². The lowest BCUT2D eigenvalue weighted by Gasteiger charge is -2.04. The van der Waals surface area contributed by atoms with Crippen LogP contribution in [-0.4, -0.2) is 21.3 Å². The molecule has 7 nitrogen and oxygen atoms in total. The molecule has 19 heavy (non-hydrogen) atoms. The highest BCUT2D eigenvalue weighted by Gasteiger charge is 2.14. The maximum Gasteiger partial charge on any atom is 0.276 e. The second kappa shape index (κ2) is 4.37. The van der Waals surface area contributed by atoms with E-state index in [0.29, 0.717) is 16.5 Å². The molecule has 0 aliphatic heterocycles. The Labute approximate surface area is 106 Å². The fraction of sp³-hybridized carbons (Fsp3) is 0. The Kier molecular flexibility index (Phi) is 2.57. The number of benzene rings is 1. The standard InChI is InChI=1S/C12H8N4O3/c17-11-9-4-2-1-3-8(9)10(15-16-11)12(18)14-7-5-13-19-6-7/h1-6H,(H,14,18)(H,16,17). The molecule has 3 aromatic rings. The fourth-order valence-corrected chi connectivity index (χ4v) is 1.74. The van der Waals surface area contributed by atoms with Crippen molar-refractivity contribution in [1.29, 1.82) is 0 Å². The first-order chi connectivity index (χ1) is 9.25. The number of carbonyl (C=O) groups is 1. The highest BCUT2D eigenvalue weighted by molar-refractivity contribution is 6.10. The van der Waals surface area contributed by atoms with Crippen LogP contribution in [0.1, 0.15) is 10.5 Å². The maximum atomic E-state index is 12.1. The Hall–Kier alpha value is -2.96. The Balaban J connectivity index is 2.08. The summed E-state index contributed by atoms with van der Waals surface area (Å²) in [4.78, 5) is 23.7. The van der Waals surface area contributed by atoms with Crippen LogP contribution >= 0.6 is 0 Å². The van der Waals surface area contributed by atoms with Gasteiger partial charge in [0.1, 0.15) is 12.0 Å². The number of nitrogens with one attached hydrogen (secondary N) is 2. The topological polar surface area (TPSA) is 101 Å². The Morgan fingerprint density at radius 3 is 2.79 bits per heavy atom. The first kappa shape index (κ1) is 11.1. The van der Waals surface area contributed by atoms with Gasteiger partial charge in [-0.05, 0) is 6.07 Å². The van der Waals surface area contributed by atoms with Crippen molar-refractivity contribution in [2.24, 2.45) is 0 Å². The number of aromatic nitrogens is 3. The molecule has 0 bridgehead atoms. The summed E-state index contributed by atoms with van der Waals surface area (Å²) in [5, 5.41) is 13.0. The number of carbonyl (C=O) groups excluding carboxylic acids is 1. The minimum Gasteiger partial charge on any atom is -0.363 e. The van der Waals surface area contributed by atoms with Gasteiger partial charge in [0.2, 0.25) is 0 Å². The molecule has 0 radical (unpaired) electrons. The summed E-state index contributed by atoms with van der Waals surface area (Å²) in [6.07, 6.45) is 2.66. The molecule has 2 N–H and O–H groups in total. The van der Waals surface area contributed by atoms with Crippen molar-refractivity contribution in [2.75, 3.05) is 5.32 Å². The lowest BCUT2D eigenvalue weighted by molar-refractivity contribution is 0.102. The highest BCUT2D eigenvalue weighted by atomic mass is 16.5. The summed E-state index contributed by atoms with van der Waals surface area (Å²) in [6, 6.07) is 6.75. The van der Waals surface area contributed by atoms with Crippen LogP contribution in [0.25, 0.3) is 10.8 Å². The summed E-state index contributed by atoms with van der Waals surface area (Å²) in [7, 11) is 0. The molecule has 2 aromatic heterocycles. The molecule has 2 heterocycles. The van der Waals surface area contributed by atoms with E-state index in [2.05, 4.69) is 25.2 Å². The third-order valence-electron chi connectivity index (χ3n) is 2.60. The predicted octanol–water partition coefficient (Wildman–Crippen LogP) is 1.16. The number of anilines is 1. The van der Waals surface area contributed by atoms with Crippen LogP contribution in [0.15, 0.2) is 46.0 Å². The van der Waals surface area contributed by atoms with E-state index in [1.807, 2.05) is 0 Å². The summed E-state index contributed by atoms with van der Waals surface area (Å²) >= 11 is 0. The van der Waals surface area contributed by atoms with Gasteiger partial charge in [0.05, 0.1) is 11.6 Å². The first-order valence-electron chi connectivity index (χ1n) is 5.44. The predicted molar refractivity (Wildman–Crippen MR) is 66.8 cm³/mol. The van der Waals surface area contributed by atoms with Crippen LogP contribution in [0.2, 0.25) is 0 Å². The molecule has 7 heteroatoms. The minimum absolute atomic E-state index is 0.136. The average Bonchev–Trinajstić information content (AvgIpc) is 2.92. The van der Waals surface area contributed by atoms with Crippen LogP contribution in [0.4, 0.5) is 5.69 Å². The molecular formula is C12H8N4O3. The van der Waals surface area contributed by atoms with E-state index in [0.717, 1.165) is 0 Å². The summed E-state index contributed by atoms with van der Waals surface area (Å²) in [5.41, 5.74) is 0.218. The SMILES string of the molecule is O=C(Nc1cnoc1)c1n[nH]c(=O)c2ccccc12. The maximum absolute atomic E-state index is 12.1. The lowest BCUT2D eigenvalue weighted by atomic mass is 10.1. The molecule has 1 aromatic carbocycles. The number of nitrogens with zero attached hydrogens (tertiary/aromatic N) is 2. The molecule has 0 aliphatic carbocycles. The van der Waals surface area contributed by atoms with Gasteiger partial charge >= 0.3 is 0 Å². The zero-order valence-electron chi connectivity index (χ0n) is 9.58. The van der Waals surface area contributed by atoms with Gasteiger partial charge in [-0.3, -0.25) is 9.59 Å². The second-order valence-corrected chi connectivity index (χ2v) is 3.81. The lowest BCUT2D eigenvalue weighted by Crippen LogP contribution is -2.19. The van der Waals surface area contributed by atoms with E-state index in [9.17, 15) is 9.59 Å². The third kappa shape index (κ3) is 1.97. The number of rotatable bonds is 2. The van der Waals surface area contributed by atoms with Gasteiger partial charge < -0.3 is 9.84 Å². The molecule has 0 saturated carbocycles.